The van der Waals surface area contributed by atoms with E-state index in [4.69, 9.17) is 19.4 Å². The molecule has 8 atom stereocenters. The van der Waals surface area contributed by atoms with E-state index < -0.39 is 84.2 Å². The highest BCUT2D eigenvalue weighted by molar-refractivity contribution is 5.88. The second-order valence-corrected chi connectivity index (χ2v) is 20.0. The third-order valence-electron chi connectivity index (χ3n) is 14.7. The lowest BCUT2D eigenvalue weighted by Crippen LogP contribution is -2.51. The minimum absolute atomic E-state index is 0.00641. The Balaban J connectivity index is 1.05. The first-order valence-corrected chi connectivity index (χ1v) is 24.6. The molecule has 4 fully saturated rings. The van der Waals surface area contributed by atoms with Gasteiger partial charge in [-0.15, -0.1) is 0 Å². The number of aromatic amines is 2. The van der Waals surface area contributed by atoms with Crippen molar-refractivity contribution in [2.45, 2.75) is 121 Å². The van der Waals surface area contributed by atoms with Crippen LogP contribution >= 0.6 is 0 Å². The number of imidazole rings is 2. The van der Waals surface area contributed by atoms with Gasteiger partial charge in [-0.1, -0.05) is 39.8 Å². The number of amides is 4. The second kappa shape index (κ2) is 20.3. The number of carbonyl (C=O) groups is 4. The van der Waals surface area contributed by atoms with E-state index in [0.717, 1.165) is 30.4 Å². The van der Waals surface area contributed by atoms with Crippen molar-refractivity contribution in [3.8, 4) is 0 Å². The Bertz CT molecular complexity index is 2620. The molecule has 4 aliphatic rings. The number of likely N-dealkylation sites (tertiary alicyclic amines) is 2. The van der Waals surface area contributed by atoms with E-state index in [2.05, 4.69) is 20.6 Å². The van der Waals surface area contributed by atoms with Crippen LogP contribution in [0.25, 0.3) is 22.1 Å². The number of anilines is 2. The summed E-state index contributed by atoms with van der Waals surface area (Å²) in [4.78, 5) is 75.2. The summed E-state index contributed by atoms with van der Waals surface area (Å²) in [6, 6.07) is 10.1. The van der Waals surface area contributed by atoms with Crippen LogP contribution in [0.2, 0.25) is 0 Å². The third-order valence-corrected chi connectivity index (χ3v) is 14.7. The van der Waals surface area contributed by atoms with Crippen LogP contribution in [-0.2, 0) is 19.1 Å². The molecule has 5 aromatic rings. The highest BCUT2D eigenvalue weighted by atomic mass is 19.1. The zero-order valence-corrected chi connectivity index (χ0v) is 40.8. The predicted molar refractivity (Wildman–Crippen MR) is 258 cm³/mol. The monoisotopic (exact) mass is 986 g/mol. The number of aromatic nitrogens is 4. The predicted octanol–water partition coefficient (Wildman–Crippen LogP) is 8.77. The molecule has 1 unspecified atom stereocenters. The Morgan fingerprint density at radius 3 is 1.49 bits per heavy atom. The number of piperidine rings is 1. The number of fused-ring (bicyclic) bond motifs is 2. The fraction of sp³-hybridized carbons (Fsp3) is 0.529. The minimum Gasteiger partial charge on any atom is -0.453 e. The van der Waals surface area contributed by atoms with Crippen LogP contribution in [-0.4, -0.2) is 119 Å². The fourth-order valence-electron chi connectivity index (χ4n) is 11.1. The van der Waals surface area contributed by atoms with Gasteiger partial charge in [-0.3, -0.25) is 9.59 Å². The number of H-pyrrole nitrogens is 2. The Kier molecular flexibility index (Phi) is 14.1. The molecular weight excluding hydrogens is 925 g/mol. The number of rotatable bonds is 12. The molecule has 6 heterocycles. The summed E-state index contributed by atoms with van der Waals surface area (Å²) in [6.07, 6.45) is -0.312. The largest absolute Gasteiger partial charge is 0.453 e. The maximum atomic E-state index is 16.4. The molecule has 4 N–H and O–H groups in total. The van der Waals surface area contributed by atoms with Crippen molar-refractivity contribution in [1.29, 1.82) is 0 Å². The number of nitrogens with one attached hydrogen (secondary N) is 4. The molecule has 380 valence electrons. The van der Waals surface area contributed by atoms with Crippen LogP contribution in [0.5, 0.6) is 0 Å². The number of alkyl carbamates (subject to hydrolysis) is 2. The average Bonchev–Trinajstić information content (AvgIpc) is 4.20. The summed E-state index contributed by atoms with van der Waals surface area (Å²) in [5, 5.41) is 5.18. The Labute approximate surface area is 409 Å². The molecule has 0 spiro atoms. The van der Waals surface area contributed by atoms with Crippen LogP contribution in [0.1, 0.15) is 120 Å². The zero-order valence-electron chi connectivity index (χ0n) is 40.8. The first kappa shape index (κ1) is 49.4. The van der Waals surface area contributed by atoms with Gasteiger partial charge in [0.25, 0.3) is 0 Å². The van der Waals surface area contributed by atoms with E-state index in [1.54, 1.807) is 32.6 Å². The standard InChI is InChI=1S/C51H62F4N10O6/c1-26(2)43(60-50(68)70-5)48(66)63-24-30(52)20-41(63)46-56-35-12-10-28(18-37(35)58-46)39-14-15-40(65(39)32-22-33(54)45(34(55)23-32)62-16-8-7-9-17-62)29-11-13-36-38(19-29)59-47(57-36)42-21-31(53)25-64(42)49(67)44(27(3)4)61-51(69)71-6/h10-13,18-19,22-23,26-27,30-31,39-44H,7-9,14-17,20-21,24-25H2,1-6H3,(H,56,58)(H,57,59)(H,60,68)(H,61,69)/t30-,31-,39+,40+,41-,42-,43-,44?/m0/s1. The van der Waals surface area contributed by atoms with Crippen molar-refractivity contribution in [3.63, 3.8) is 0 Å². The zero-order chi connectivity index (χ0) is 50.4. The van der Waals surface area contributed by atoms with Crippen LogP contribution in [0.3, 0.4) is 0 Å². The summed E-state index contributed by atoms with van der Waals surface area (Å²) in [6.45, 7) is 7.90. The summed E-state index contributed by atoms with van der Waals surface area (Å²) in [5.41, 5.74) is 4.37. The normalized spacial score (nSPS) is 23.5. The van der Waals surface area contributed by atoms with Crippen LogP contribution in [0, 0.1) is 23.5 Å². The van der Waals surface area contributed by atoms with Crippen LogP contribution < -0.4 is 20.4 Å². The second-order valence-electron chi connectivity index (χ2n) is 20.0. The molecule has 4 amide bonds. The number of ether oxygens (including phenoxy) is 2. The summed E-state index contributed by atoms with van der Waals surface area (Å²) in [7, 11) is 2.41. The third kappa shape index (κ3) is 9.77. The lowest BCUT2D eigenvalue weighted by molar-refractivity contribution is -0.136. The Morgan fingerprint density at radius 2 is 1.08 bits per heavy atom. The van der Waals surface area contributed by atoms with Crippen LogP contribution in [0.4, 0.5) is 38.5 Å². The van der Waals surface area contributed by atoms with Gasteiger partial charge >= 0.3 is 12.2 Å². The maximum absolute atomic E-state index is 16.4. The smallest absolute Gasteiger partial charge is 0.407 e. The number of hydrogen-bond acceptors (Lipinski definition) is 10. The number of hydrogen-bond donors (Lipinski definition) is 4. The minimum atomic E-state index is -1.32. The van der Waals surface area contributed by atoms with Gasteiger partial charge in [0.1, 0.15) is 41.8 Å². The molecule has 4 saturated heterocycles. The van der Waals surface area contributed by atoms with E-state index in [-0.39, 0.29) is 43.5 Å². The van der Waals surface area contributed by atoms with E-state index in [1.807, 2.05) is 41.3 Å². The molecule has 0 aliphatic carbocycles. The van der Waals surface area contributed by atoms with E-state index >= 15 is 17.6 Å². The highest BCUT2D eigenvalue weighted by Crippen LogP contribution is 2.49. The van der Waals surface area contributed by atoms with Crippen molar-refractivity contribution in [3.05, 3.63) is 82.9 Å². The lowest BCUT2D eigenvalue weighted by atomic mass is 10.0. The molecular formula is C51H62F4N10O6. The molecule has 0 bridgehead atoms. The molecule has 71 heavy (non-hydrogen) atoms. The van der Waals surface area contributed by atoms with Gasteiger partial charge in [0.2, 0.25) is 11.8 Å². The summed E-state index contributed by atoms with van der Waals surface area (Å²) >= 11 is 0. The van der Waals surface area contributed by atoms with Crippen molar-refractivity contribution in [2.24, 2.45) is 11.8 Å². The first-order valence-electron chi connectivity index (χ1n) is 24.6. The Morgan fingerprint density at radius 1 is 0.648 bits per heavy atom. The molecule has 2 aromatic heterocycles. The molecule has 0 radical (unpaired) electrons. The van der Waals surface area contributed by atoms with Crippen molar-refractivity contribution in [1.82, 2.24) is 40.4 Å². The van der Waals surface area contributed by atoms with Gasteiger partial charge in [0, 0.05) is 31.6 Å². The van der Waals surface area contributed by atoms with Crippen molar-refractivity contribution in [2.75, 3.05) is 50.2 Å². The van der Waals surface area contributed by atoms with E-state index in [9.17, 15) is 19.2 Å². The molecule has 9 rings (SSSR count). The van der Waals surface area contributed by atoms with Crippen molar-refractivity contribution < 1.29 is 46.2 Å². The number of benzene rings is 3. The van der Waals surface area contributed by atoms with Gasteiger partial charge in [-0.25, -0.2) is 37.1 Å². The highest BCUT2D eigenvalue weighted by Gasteiger charge is 2.44. The first-order chi connectivity index (χ1) is 34.0. The Hall–Kier alpha value is -6.60. The molecule has 16 nitrogen and oxygen atoms in total. The lowest BCUT2D eigenvalue weighted by Gasteiger charge is -2.35. The number of halogens is 4. The number of nitrogens with zero attached hydrogens (tertiary/aromatic N) is 6. The number of carbonyl (C=O) groups excluding carboxylic acids is 4. The molecule has 20 heteroatoms. The summed E-state index contributed by atoms with van der Waals surface area (Å²) < 4.78 is 72.7. The molecule has 0 saturated carbocycles. The molecule has 3 aromatic carbocycles. The average molecular weight is 987 g/mol. The number of alkyl halides is 2. The van der Waals surface area contributed by atoms with Gasteiger partial charge in [-0.05, 0) is 91.5 Å². The van der Waals surface area contributed by atoms with Crippen molar-refractivity contribution >= 4 is 57.4 Å². The molecule has 4 aliphatic heterocycles. The van der Waals surface area contributed by atoms with Gasteiger partial charge in [0.15, 0.2) is 11.6 Å². The van der Waals surface area contributed by atoms with Gasteiger partial charge < -0.3 is 49.7 Å². The van der Waals surface area contributed by atoms with E-state index in [0.29, 0.717) is 65.3 Å². The van der Waals surface area contributed by atoms with Gasteiger partial charge in [-0.2, -0.15) is 0 Å². The summed E-state index contributed by atoms with van der Waals surface area (Å²) in [5.74, 6) is -2.06. The van der Waals surface area contributed by atoms with Crippen LogP contribution in [0.15, 0.2) is 48.5 Å². The quantitative estimate of drug-likeness (QED) is 0.0883. The number of methoxy groups -OCH3 is 2. The van der Waals surface area contributed by atoms with E-state index in [1.165, 1.54) is 36.2 Å². The SMILES string of the molecule is COC(=O)NC(C(=O)N1C[C@@H](F)C[C@H]1c1nc2cc([C@H]3CC[C@H](c4ccc5[nH]c([C@@H]6C[C@H](F)CN6C(=O)[C@@H](NC(=O)OC)C(C)C)nc5c4)N3c3cc(F)c(N4CCCCC4)c(F)c3)ccc2[nH]1)C(C)C. The van der Waals surface area contributed by atoms with Gasteiger partial charge in [0.05, 0.1) is 73.5 Å². The topological polar surface area (TPSA) is 181 Å². The fourth-order valence-corrected chi connectivity index (χ4v) is 11.1. The maximum Gasteiger partial charge on any atom is 0.407 e.